The van der Waals surface area contributed by atoms with E-state index >= 15 is 0 Å². The second kappa shape index (κ2) is 6.24. The summed E-state index contributed by atoms with van der Waals surface area (Å²) in [5.41, 5.74) is 2.97. The number of anilines is 1. The lowest BCUT2D eigenvalue weighted by molar-refractivity contribution is 0.491. The SMILES string of the molecule is CCCNCC(CC)N1c2ccccc2CC1C. The van der Waals surface area contributed by atoms with Gasteiger partial charge in [-0.3, -0.25) is 0 Å². The minimum atomic E-state index is 0.621. The first-order valence-corrected chi connectivity index (χ1v) is 7.34. The Bertz CT molecular complexity index is 375. The Morgan fingerprint density at radius 1 is 1.33 bits per heavy atom. The molecule has 0 spiro atoms. The van der Waals surface area contributed by atoms with Gasteiger partial charge in [0.05, 0.1) is 0 Å². The van der Waals surface area contributed by atoms with Crippen LogP contribution in [0, 0.1) is 0 Å². The fourth-order valence-corrected chi connectivity index (χ4v) is 3.03. The van der Waals surface area contributed by atoms with Gasteiger partial charge in [-0.2, -0.15) is 0 Å². The van der Waals surface area contributed by atoms with Crippen LogP contribution in [0.5, 0.6) is 0 Å². The van der Waals surface area contributed by atoms with Crippen LogP contribution in [0.15, 0.2) is 24.3 Å². The smallest absolute Gasteiger partial charge is 0.0415 e. The van der Waals surface area contributed by atoms with Crippen LogP contribution in [0.1, 0.15) is 39.2 Å². The molecule has 0 bridgehead atoms. The summed E-state index contributed by atoms with van der Waals surface area (Å²) in [5, 5.41) is 3.57. The summed E-state index contributed by atoms with van der Waals surface area (Å²) in [6.07, 6.45) is 3.61. The fraction of sp³-hybridized carbons (Fsp3) is 0.625. The first kappa shape index (κ1) is 13.4. The van der Waals surface area contributed by atoms with Crippen LogP contribution in [0.25, 0.3) is 0 Å². The molecule has 2 rings (SSSR count). The molecule has 18 heavy (non-hydrogen) atoms. The zero-order valence-corrected chi connectivity index (χ0v) is 11.9. The zero-order valence-electron chi connectivity index (χ0n) is 11.9. The van der Waals surface area contributed by atoms with Crippen molar-refractivity contribution in [2.24, 2.45) is 0 Å². The van der Waals surface area contributed by atoms with Crippen molar-refractivity contribution in [3.05, 3.63) is 29.8 Å². The Balaban J connectivity index is 2.10. The molecule has 0 radical (unpaired) electrons. The zero-order chi connectivity index (χ0) is 13.0. The van der Waals surface area contributed by atoms with Crippen LogP contribution in [0.3, 0.4) is 0 Å². The molecular weight excluding hydrogens is 220 g/mol. The Hall–Kier alpha value is -1.02. The van der Waals surface area contributed by atoms with Crippen molar-refractivity contribution >= 4 is 5.69 Å². The van der Waals surface area contributed by atoms with Crippen LogP contribution in [0.2, 0.25) is 0 Å². The molecule has 1 aliphatic rings. The Morgan fingerprint density at radius 3 is 2.83 bits per heavy atom. The highest BCUT2D eigenvalue weighted by molar-refractivity contribution is 5.60. The molecule has 100 valence electrons. The van der Waals surface area contributed by atoms with Gasteiger partial charge in [0.2, 0.25) is 0 Å². The molecule has 0 aliphatic carbocycles. The maximum Gasteiger partial charge on any atom is 0.0415 e. The van der Waals surface area contributed by atoms with Gasteiger partial charge in [-0.15, -0.1) is 0 Å². The maximum atomic E-state index is 3.57. The van der Waals surface area contributed by atoms with E-state index in [2.05, 4.69) is 55.3 Å². The molecule has 0 amide bonds. The summed E-state index contributed by atoms with van der Waals surface area (Å²) in [6.45, 7) is 9.10. The van der Waals surface area contributed by atoms with Gasteiger partial charge in [0.15, 0.2) is 0 Å². The van der Waals surface area contributed by atoms with Gasteiger partial charge >= 0.3 is 0 Å². The van der Waals surface area contributed by atoms with Gasteiger partial charge in [-0.1, -0.05) is 32.0 Å². The summed E-state index contributed by atoms with van der Waals surface area (Å²) in [7, 11) is 0. The number of hydrogen-bond acceptors (Lipinski definition) is 2. The Morgan fingerprint density at radius 2 is 2.11 bits per heavy atom. The van der Waals surface area contributed by atoms with Crippen LogP contribution in [-0.4, -0.2) is 25.2 Å². The van der Waals surface area contributed by atoms with E-state index in [1.54, 1.807) is 0 Å². The van der Waals surface area contributed by atoms with Crippen molar-refractivity contribution in [1.29, 1.82) is 0 Å². The van der Waals surface area contributed by atoms with E-state index in [9.17, 15) is 0 Å². The van der Waals surface area contributed by atoms with E-state index in [0.717, 1.165) is 13.1 Å². The minimum Gasteiger partial charge on any atom is -0.364 e. The minimum absolute atomic E-state index is 0.621. The van der Waals surface area contributed by atoms with Crippen molar-refractivity contribution in [2.75, 3.05) is 18.0 Å². The third-order valence-corrected chi connectivity index (χ3v) is 3.93. The predicted octanol–water partition coefficient (Wildman–Crippen LogP) is 3.22. The first-order chi connectivity index (χ1) is 8.77. The number of hydrogen-bond donors (Lipinski definition) is 1. The summed E-state index contributed by atoms with van der Waals surface area (Å²) in [5.74, 6) is 0. The fourth-order valence-electron chi connectivity index (χ4n) is 3.03. The number of rotatable bonds is 6. The van der Waals surface area contributed by atoms with Crippen LogP contribution in [0.4, 0.5) is 5.69 Å². The molecule has 1 aliphatic heterocycles. The second-order valence-electron chi connectivity index (χ2n) is 5.36. The van der Waals surface area contributed by atoms with Gasteiger partial charge in [0, 0.05) is 24.3 Å². The molecule has 2 unspecified atom stereocenters. The predicted molar refractivity (Wildman–Crippen MR) is 79.3 cm³/mol. The highest BCUT2D eigenvalue weighted by Crippen LogP contribution is 2.33. The third kappa shape index (κ3) is 2.69. The van der Waals surface area contributed by atoms with E-state index in [-0.39, 0.29) is 0 Å². The van der Waals surface area contributed by atoms with Crippen LogP contribution >= 0.6 is 0 Å². The van der Waals surface area contributed by atoms with Crippen molar-refractivity contribution < 1.29 is 0 Å². The molecule has 2 heteroatoms. The van der Waals surface area contributed by atoms with Crippen molar-refractivity contribution in [3.8, 4) is 0 Å². The Labute approximate surface area is 111 Å². The highest BCUT2D eigenvalue weighted by Gasteiger charge is 2.30. The summed E-state index contributed by atoms with van der Waals surface area (Å²) in [4.78, 5) is 2.62. The molecule has 1 N–H and O–H groups in total. The molecule has 0 aromatic heterocycles. The summed E-state index contributed by atoms with van der Waals surface area (Å²) < 4.78 is 0. The molecule has 2 atom stereocenters. The van der Waals surface area contributed by atoms with E-state index in [0.29, 0.717) is 12.1 Å². The molecule has 2 nitrogen and oxygen atoms in total. The van der Waals surface area contributed by atoms with E-state index in [1.807, 2.05) is 0 Å². The van der Waals surface area contributed by atoms with Crippen molar-refractivity contribution in [1.82, 2.24) is 5.32 Å². The maximum absolute atomic E-state index is 3.57. The lowest BCUT2D eigenvalue weighted by atomic mass is 10.1. The number of nitrogens with one attached hydrogen (secondary N) is 1. The highest BCUT2D eigenvalue weighted by atomic mass is 15.2. The van der Waals surface area contributed by atoms with Gasteiger partial charge in [0.1, 0.15) is 0 Å². The monoisotopic (exact) mass is 246 g/mol. The van der Waals surface area contributed by atoms with Gasteiger partial charge in [-0.25, -0.2) is 0 Å². The largest absolute Gasteiger partial charge is 0.364 e. The molecular formula is C16H26N2. The molecule has 1 heterocycles. The van der Waals surface area contributed by atoms with Crippen LogP contribution in [-0.2, 0) is 6.42 Å². The van der Waals surface area contributed by atoms with Gasteiger partial charge in [0.25, 0.3) is 0 Å². The van der Waals surface area contributed by atoms with Crippen molar-refractivity contribution in [3.63, 3.8) is 0 Å². The lowest BCUT2D eigenvalue weighted by Crippen LogP contribution is -2.45. The molecule has 0 saturated heterocycles. The summed E-state index contributed by atoms with van der Waals surface area (Å²) in [6, 6.07) is 10.1. The normalized spacial score (nSPS) is 19.9. The molecule has 0 saturated carbocycles. The quantitative estimate of drug-likeness (QED) is 0.775. The number of fused-ring (bicyclic) bond motifs is 1. The average Bonchev–Trinajstić information content (AvgIpc) is 2.71. The van der Waals surface area contributed by atoms with E-state index in [1.165, 1.54) is 30.5 Å². The number of benzene rings is 1. The molecule has 1 aromatic carbocycles. The number of para-hydroxylation sites is 1. The topological polar surface area (TPSA) is 15.3 Å². The third-order valence-electron chi connectivity index (χ3n) is 3.93. The van der Waals surface area contributed by atoms with Crippen molar-refractivity contribution in [2.45, 2.75) is 52.1 Å². The van der Waals surface area contributed by atoms with Gasteiger partial charge in [-0.05, 0) is 44.4 Å². The van der Waals surface area contributed by atoms with E-state index in [4.69, 9.17) is 0 Å². The first-order valence-electron chi connectivity index (χ1n) is 7.34. The second-order valence-corrected chi connectivity index (χ2v) is 5.36. The lowest BCUT2D eigenvalue weighted by Gasteiger charge is -2.34. The van der Waals surface area contributed by atoms with E-state index < -0.39 is 0 Å². The average molecular weight is 246 g/mol. The number of nitrogens with zero attached hydrogens (tertiary/aromatic N) is 1. The summed E-state index contributed by atoms with van der Waals surface area (Å²) >= 11 is 0. The van der Waals surface area contributed by atoms with Crippen LogP contribution < -0.4 is 10.2 Å². The van der Waals surface area contributed by atoms with Gasteiger partial charge < -0.3 is 10.2 Å². The molecule has 1 aromatic rings. The Kier molecular flexibility index (Phi) is 4.65. The molecule has 0 fully saturated rings. The standard InChI is InChI=1S/C16H26N2/c1-4-10-17-12-15(5-2)18-13(3)11-14-8-6-7-9-16(14)18/h6-9,13,15,17H,4-5,10-12H2,1-3H3.